The zero-order chi connectivity index (χ0) is 13.4. The predicted octanol–water partition coefficient (Wildman–Crippen LogP) is 4.11. The molecule has 0 saturated carbocycles. The van der Waals surface area contributed by atoms with E-state index < -0.39 is 0 Å². The van der Waals surface area contributed by atoms with Crippen LogP contribution in [0.4, 0.5) is 5.82 Å². The van der Waals surface area contributed by atoms with E-state index in [2.05, 4.69) is 29.1 Å². The normalized spacial score (nSPS) is 10.9. The molecule has 18 heavy (non-hydrogen) atoms. The van der Waals surface area contributed by atoms with Crippen LogP contribution in [0.5, 0.6) is 0 Å². The Balaban J connectivity index is 2.09. The summed E-state index contributed by atoms with van der Waals surface area (Å²) in [5.74, 6) is 1.74. The smallest absolute Gasteiger partial charge is 0.144 e. The van der Waals surface area contributed by atoms with Gasteiger partial charge >= 0.3 is 0 Å². The van der Waals surface area contributed by atoms with Gasteiger partial charge in [-0.05, 0) is 26.2 Å². The van der Waals surface area contributed by atoms with E-state index in [9.17, 15) is 0 Å². The van der Waals surface area contributed by atoms with Crippen LogP contribution < -0.4 is 5.32 Å². The fraction of sp³-hybridized carbons (Fsp3) is 0.733. The van der Waals surface area contributed by atoms with Crippen molar-refractivity contribution in [3.63, 3.8) is 0 Å². The second-order valence-corrected chi connectivity index (χ2v) is 5.45. The van der Waals surface area contributed by atoms with Crippen molar-refractivity contribution in [1.82, 2.24) is 9.97 Å². The van der Waals surface area contributed by atoms with Crippen LogP contribution in [0.25, 0.3) is 0 Å². The minimum Gasteiger partial charge on any atom is -0.369 e. The van der Waals surface area contributed by atoms with Crippen molar-refractivity contribution in [2.75, 3.05) is 11.9 Å². The minimum absolute atomic E-state index is 0.842. The van der Waals surface area contributed by atoms with E-state index in [4.69, 9.17) is 0 Å². The van der Waals surface area contributed by atoms with Gasteiger partial charge in [0.2, 0.25) is 0 Å². The summed E-state index contributed by atoms with van der Waals surface area (Å²) in [5.41, 5.74) is 2.02. The molecule has 0 aliphatic carbocycles. The highest BCUT2D eigenvalue weighted by Gasteiger charge is 1.99. The Morgan fingerprint density at radius 3 is 2.44 bits per heavy atom. The third kappa shape index (κ3) is 5.99. The predicted molar refractivity (Wildman–Crippen MR) is 77.9 cm³/mol. The summed E-state index contributed by atoms with van der Waals surface area (Å²) in [7, 11) is 0. The van der Waals surface area contributed by atoms with Crippen LogP contribution in [0, 0.1) is 19.8 Å². The van der Waals surface area contributed by atoms with Crippen LogP contribution in [-0.4, -0.2) is 16.5 Å². The fourth-order valence-electron chi connectivity index (χ4n) is 1.87. The maximum Gasteiger partial charge on any atom is 0.144 e. The van der Waals surface area contributed by atoms with Crippen molar-refractivity contribution in [2.24, 2.45) is 5.92 Å². The van der Waals surface area contributed by atoms with Gasteiger partial charge in [-0.25, -0.2) is 4.98 Å². The van der Waals surface area contributed by atoms with Gasteiger partial charge in [0.25, 0.3) is 0 Å². The lowest BCUT2D eigenvalue weighted by Crippen LogP contribution is -2.05. The number of nitrogens with one attached hydrogen (secondary N) is 1. The van der Waals surface area contributed by atoms with Gasteiger partial charge in [0, 0.05) is 6.54 Å². The van der Waals surface area contributed by atoms with Crippen molar-refractivity contribution in [3.05, 3.63) is 17.6 Å². The van der Waals surface area contributed by atoms with Crippen LogP contribution >= 0.6 is 0 Å². The SMILES string of the molecule is Cc1ncc(NCCCCCCC(C)C)nc1C. The number of aryl methyl sites for hydroxylation is 2. The van der Waals surface area contributed by atoms with Gasteiger partial charge in [0.15, 0.2) is 0 Å². The molecule has 0 amide bonds. The maximum absolute atomic E-state index is 4.46. The van der Waals surface area contributed by atoms with Gasteiger partial charge in [-0.2, -0.15) is 0 Å². The summed E-state index contributed by atoms with van der Waals surface area (Å²) in [6.07, 6.45) is 8.40. The van der Waals surface area contributed by atoms with Gasteiger partial charge in [0.1, 0.15) is 5.82 Å². The average Bonchev–Trinajstić information content (AvgIpc) is 2.32. The monoisotopic (exact) mass is 249 g/mol. The highest BCUT2D eigenvalue weighted by atomic mass is 15.0. The molecule has 0 aliphatic rings. The summed E-state index contributed by atoms with van der Waals surface area (Å²) in [5, 5.41) is 3.34. The van der Waals surface area contributed by atoms with Crippen LogP contribution in [0.1, 0.15) is 57.3 Å². The van der Waals surface area contributed by atoms with Crippen molar-refractivity contribution >= 4 is 5.82 Å². The van der Waals surface area contributed by atoms with Crippen molar-refractivity contribution in [2.45, 2.75) is 59.8 Å². The average molecular weight is 249 g/mol. The Hall–Kier alpha value is -1.12. The molecule has 0 bridgehead atoms. The highest BCUT2D eigenvalue weighted by Crippen LogP contribution is 2.10. The molecule has 3 nitrogen and oxygen atoms in total. The summed E-state index contributed by atoms with van der Waals surface area (Å²) in [6, 6.07) is 0. The first-order valence-electron chi connectivity index (χ1n) is 7.13. The maximum atomic E-state index is 4.46. The molecule has 0 radical (unpaired) electrons. The van der Waals surface area contributed by atoms with E-state index in [1.54, 1.807) is 0 Å². The standard InChI is InChI=1S/C15H27N3/c1-12(2)9-7-5-6-8-10-16-15-11-17-13(3)14(4)18-15/h11-12H,5-10H2,1-4H3,(H,16,18). The summed E-state index contributed by atoms with van der Waals surface area (Å²) in [4.78, 5) is 8.76. The molecule has 1 aromatic rings. The first kappa shape index (κ1) is 14.9. The third-order valence-electron chi connectivity index (χ3n) is 3.21. The Labute approximate surface area is 111 Å². The molecular weight excluding hydrogens is 222 g/mol. The van der Waals surface area contributed by atoms with Gasteiger partial charge in [0.05, 0.1) is 17.6 Å². The Morgan fingerprint density at radius 2 is 1.78 bits per heavy atom. The van der Waals surface area contributed by atoms with E-state index in [0.717, 1.165) is 29.7 Å². The van der Waals surface area contributed by atoms with Crippen LogP contribution in [-0.2, 0) is 0 Å². The lowest BCUT2D eigenvalue weighted by Gasteiger charge is -2.07. The van der Waals surface area contributed by atoms with Crippen molar-refractivity contribution < 1.29 is 0 Å². The van der Waals surface area contributed by atoms with E-state index in [-0.39, 0.29) is 0 Å². The van der Waals surface area contributed by atoms with E-state index >= 15 is 0 Å². The fourth-order valence-corrected chi connectivity index (χ4v) is 1.87. The second-order valence-electron chi connectivity index (χ2n) is 5.45. The molecule has 0 fully saturated rings. The topological polar surface area (TPSA) is 37.8 Å². The summed E-state index contributed by atoms with van der Waals surface area (Å²) in [6.45, 7) is 9.57. The van der Waals surface area contributed by atoms with Crippen molar-refractivity contribution in [3.8, 4) is 0 Å². The number of nitrogens with zero attached hydrogens (tertiary/aromatic N) is 2. The highest BCUT2D eigenvalue weighted by molar-refractivity contribution is 5.32. The Morgan fingerprint density at radius 1 is 1.06 bits per heavy atom. The van der Waals surface area contributed by atoms with E-state index in [0.29, 0.717) is 0 Å². The van der Waals surface area contributed by atoms with Gasteiger partial charge in [-0.15, -0.1) is 0 Å². The van der Waals surface area contributed by atoms with Gasteiger partial charge in [-0.3, -0.25) is 4.98 Å². The number of aromatic nitrogens is 2. The van der Waals surface area contributed by atoms with Crippen LogP contribution in [0.15, 0.2) is 6.20 Å². The molecule has 0 aromatic carbocycles. The Kier molecular flexibility index (Phi) is 6.69. The van der Waals surface area contributed by atoms with Crippen molar-refractivity contribution in [1.29, 1.82) is 0 Å². The molecule has 0 saturated heterocycles. The second kappa shape index (κ2) is 8.06. The van der Waals surface area contributed by atoms with E-state index in [1.807, 2.05) is 20.0 Å². The molecule has 3 heteroatoms. The molecule has 0 atom stereocenters. The molecule has 0 spiro atoms. The molecular formula is C15H27N3. The summed E-state index contributed by atoms with van der Waals surface area (Å²) >= 11 is 0. The molecule has 1 rings (SSSR count). The summed E-state index contributed by atoms with van der Waals surface area (Å²) < 4.78 is 0. The zero-order valence-electron chi connectivity index (χ0n) is 12.3. The van der Waals surface area contributed by atoms with Gasteiger partial charge < -0.3 is 5.32 Å². The molecule has 1 heterocycles. The zero-order valence-corrected chi connectivity index (χ0v) is 12.3. The quantitative estimate of drug-likeness (QED) is 0.704. The first-order chi connectivity index (χ1) is 8.59. The first-order valence-corrected chi connectivity index (χ1v) is 7.13. The lowest BCUT2D eigenvalue weighted by atomic mass is 10.0. The number of hydrogen-bond acceptors (Lipinski definition) is 3. The molecule has 0 unspecified atom stereocenters. The minimum atomic E-state index is 0.842. The van der Waals surface area contributed by atoms with Gasteiger partial charge in [-0.1, -0.05) is 39.5 Å². The number of unbranched alkanes of at least 4 members (excludes halogenated alkanes) is 3. The number of rotatable bonds is 8. The van der Waals surface area contributed by atoms with Crippen LogP contribution in [0.3, 0.4) is 0 Å². The largest absolute Gasteiger partial charge is 0.369 e. The molecule has 1 aromatic heterocycles. The number of anilines is 1. The number of hydrogen-bond donors (Lipinski definition) is 1. The Bertz CT molecular complexity index is 348. The molecule has 1 N–H and O–H groups in total. The van der Waals surface area contributed by atoms with E-state index in [1.165, 1.54) is 32.1 Å². The lowest BCUT2D eigenvalue weighted by molar-refractivity contribution is 0.523. The molecule has 0 aliphatic heterocycles. The van der Waals surface area contributed by atoms with Crippen LogP contribution in [0.2, 0.25) is 0 Å². The third-order valence-corrected chi connectivity index (χ3v) is 3.21. The molecule has 102 valence electrons.